The Bertz CT molecular complexity index is 480. The number of rotatable bonds is 5. The van der Waals surface area contributed by atoms with Crippen molar-refractivity contribution in [3.63, 3.8) is 0 Å². The van der Waals surface area contributed by atoms with Crippen LogP contribution in [0.3, 0.4) is 0 Å². The largest absolute Gasteiger partial charge is 0.300 e. The molecule has 0 N–H and O–H groups in total. The summed E-state index contributed by atoms with van der Waals surface area (Å²) in [5.41, 5.74) is 0.649. The minimum atomic E-state index is -3.23. The first-order valence-corrected chi connectivity index (χ1v) is 7.03. The first kappa shape index (κ1) is 13.2. The smallest absolute Gasteiger partial charge is 0.154 e. The molecule has 0 aromatic heterocycles. The van der Waals surface area contributed by atoms with E-state index >= 15 is 0 Å². The minimum Gasteiger partial charge on any atom is -0.300 e. The molecule has 3 nitrogen and oxygen atoms in total. The lowest BCUT2D eigenvalue weighted by Crippen LogP contribution is -2.11. The summed E-state index contributed by atoms with van der Waals surface area (Å²) in [4.78, 5) is 10.7. The molecule has 0 heterocycles. The lowest BCUT2D eigenvalue weighted by Gasteiger charge is -2.03. The quantitative estimate of drug-likeness (QED) is 0.816. The van der Waals surface area contributed by atoms with Crippen molar-refractivity contribution in [3.8, 4) is 0 Å². The van der Waals surface area contributed by atoms with E-state index in [2.05, 4.69) is 0 Å². The Kier molecular flexibility index (Phi) is 4.50. The van der Waals surface area contributed by atoms with E-state index in [4.69, 9.17) is 11.6 Å². The fourth-order valence-electron chi connectivity index (χ4n) is 1.25. The van der Waals surface area contributed by atoms with Gasteiger partial charge in [0.2, 0.25) is 0 Å². The summed E-state index contributed by atoms with van der Waals surface area (Å²) in [7, 11) is -3.23. The van der Waals surface area contributed by atoms with Crippen LogP contribution in [0.1, 0.15) is 18.9 Å². The van der Waals surface area contributed by atoms with Crippen molar-refractivity contribution >= 4 is 27.2 Å². The van der Waals surface area contributed by atoms with Crippen molar-refractivity contribution < 1.29 is 13.2 Å². The van der Waals surface area contributed by atoms with Gasteiger partial charge in [-0.15, -0.1) is 0 Å². The van der Waals surface area contributed by atoms with Crippen LogP contribution in [0.4, 0.5) is 0 Å². The highest BCUT2D eigenvalue weighted by Crippen LogP contribution is 2.14. The van der Waals surface area contributed by atoms with Gasteiger partial charge in [-0.05, 0) is 24.6 Å². The van der Waals surface area contributed by atoms with E-state index in [1.807, 2.05) is 0 Å². The lowest BCUT2D eigenvalue weighted by molar-refractivity contribution is -0.116. The summed E-state index contributed by atoms with van der Waals surface area (Å²) in [6.07, 6.45) is 0.0723. The fourth-order valence-corrected chi connectivity index (χ4v) is 2.90. The molecular weight excluding hydrogens is 248 g/mol. The molecule has 0 spiro atoms. The maximum absolute atomic E-state index is 11.6. The second kappa shape index (κ2) is 5.46. The fraction of sp³-hybridized carbons (Fsp3) is 0.364. The van der Waals surface area contributed by atoms with Crippen LogP contribution in [0.25, 0.3) is 0 Å². The van der Waals surface area contributed by atoms with E-state index < -0.39 is 9.84 Å². The summed E-state index contributed by atoms with van der Waals surface area (Å²) in [6.45, 7) is 1.38. The van der Waals surface area contributed by atoms with Gasteiger partial charge in [0, 0.05) is 11.4 Å². The zero-order valence-corrected chi connectivity index (χ0v) is 10.5. The Morgan fingerprint density at radius 2 is 2.06 bits per heavy atom. The predicted octanol–water partition coefficient (Wildman–Crippen LogP) is 2.23. The Morgan fingerprint density at radius 1 is 1.38 bits per heavy atom. The second-order valence-corrected chi connectivity index (χ2v) is 6.29. The van der Waals surface area contributed by atoms with E-state index in [0.29, 0.717) is 10.6 Å². The van der Waals surface area contributed by atoms with Crippen molar-refractivity contribution in [3.05, 3.63) is 34.9 Å². The number of Topliss-reactive ketones (excluding diaryl/α,β-unsaturated/α-hetero) is 1. The number of benzene rings is 1. The van der Waals surface area contributed by atoms with Crippen molar-refractivity contribution in [1.29, 1.82) is 0 Å². The highest BCUT2D eigenvalue weighted by atomic mass is 35.5. The first-order chi connectivity index (χ1) is 7.39. The van der Waals surface area contributed by atoms with Crippen molar-refractivity contribution in [2.24, 2.45) is 0 Å². The summed E-state index contributed by atoms with van der Waals surface area (Å²) < 4.78 is 23.2. The molecule has 0 bridgehead atoms. The third kappa shape index (κ3) is 4.77. The van der Waals surface area contributed by atoms with Crippen LogP contribution in [0.5, 0.6) is 0 Å². The molecule has 0 atom stereocenters. The van der Waals surface area contributed by atoms with Crippen LogP contribution in [0.2, 0.25) is 5.02 Å². The summed E-state index contributed by atoms with van der Waals surface area (Å²) >= 11 is 5.75. The summed E-state index contributed by atoms with van der Waals surface area (Å²) in [6, 6.07) is 6.72. The molecule has 16 heavy (non-hydrogen) atoms. The summed E-state index contributed by atoms with van der Waals surface area (Å²) in [5, 5.41) is 0.513. The van der Waals surface area contributed by atoms with Crippen LogP contribution < -0.4 is 0 Å². The van der Waals surface area contributed by atoms with Gasteiger partial charge >= 0.3 is 0 Å². The molecule has 5 heteroatoms. The van der Waals surface area contributed by atoms with Crippen molar-refractivity contribution in [2.45, 2.75) is 19.1 Å². The molecule has 0 radical (unpaired) electrons. The standard InChI is InChI=1S/C11H13ClO3S/c1-9(13)5-6-16(14,15)8-10-3-2-4-11(12)7-10/h2-4,7H,5-6,8H2,1H3. The van der Waals surface area contributed by atoms with E-state index in [1.165, 1.54) is 6.92 Å². The Balaban J connectivity index is 2.69. The maximum atomic E-state index is 11.6. The molecule has 0 amide bonds. The van der Waals surface area contributed by atoms with Gasteiger partial charge < -0.3 is 0 Å². The number of carbonyl (C=O) groups is 1. The van der Waals surface area contributed by atoms with Gasteiger partial charge in [0.15, 0.2) is 9.84 Å². The van der Waals surface area contributed by atoms with Gasteiger partial charge in [-0.25, -0.2) is 8.42 Å². The van der Waals surface area contributed by atoms with Gasteiger partial charge in [-0.2, -0.15) is 0 Å². The molecule has 0 saturated carbocycles. The van der Waals surface area contributed by atoms with Gasteiger partial charge in [0.25, 0.3) is 0 Å². The van der Waals surface area contributed by atoms with E-state index in [0.717, 1.165) is 0 Å². The third-order valence-corrected chi connectivity index (χ3v) is 3.88. The number of sulfone groups is 1. The monoisotopic (exact) mass is 260 g/mol. The predicted molar refractivity (Wildman–Crippen MR) is 64.2 cm³/mol. The highest BCUT2D eigenvalue weighted by molar-refractivity contribution is 7.90. The van der Waals surface area contributed by atoms with Crippen LogP contribution in [-0.4, -0.2) is 20.0 Å². The van der Waals surface area contributed by atoms with E-state index in [9.17, 15) is 13.2 Å². The molecule has 0 aliphatic rings. The molecule has 88 valence electrons. The van der Waals surface area contributed by atoms with Crippen molar-refractivity contribution in [1.82, 2.24) is 0 Å². The van der Waals surface area contributed by atoms with Crippen LogP contribution in [-0.2, 0) is 20.4 Å². The molecular formula is C11H13ClO3S. The highest BCUT2D eigenvalue weighted by Gasteiger charge is 2.13. The van der Waals surface area contributed by atoms with Crippen LogP contribution in [0.15, 0.2) is 24.3 Å². The Labute approximate surface area is 100 Å². The zero-order chi connectivity index (χ0) is 12.2. The molecule has 0 saturated heterocycles. The Morgan fingerprint density at radius 3 is 2.62 bits per heavy atom. The van der Waals surface area contributed by atoms with E-state index in [1.54, 1.807) is 24.3 Å². The second-order valence-electron chi connectivity index (χ2n) is 3.67. The van der Waals surface area contributed by atoms with Crippen molar-refractivity contribution in [2.75, 3.05) is 5.75 Å². The summed E-state index contributed by atoms with van der Waals surface area (Å²) in [5.74, 6) is -0.287. The minimum absolute atomic E-state index is 0.0686. The van der Waals surface area contributed by atoms with Gasteiger partial charge in [0.05, 0.1) is 11.5 Å². The Hall–Kier alpha value is -0.870. The number of hydrogen-bond donors (Lipinski definition) is 0. The molecule has 0 aliphatic carbocycles. The zero-order valence-electron chi connectivity index (χ0n) is 8.94. The molecule has 0 unspecified atom stereocenters. The normalized spacial score (nSPS) is 11.4. The van der Waals surface area contributed by atoms with Gasteiger partial charge in [-0.3, -0.25) is 4.79 Å². The number of hydrogen-bond acceptors (Lipinski definition) is 3. The average molecular weight is 261 g/mol. The number of carbonyl (C=O) groups excluding carboxylic acids is 1. The SMILES string of the molecule is CC(=O)CCS(=O)(=O)Cc1cccc(Cl)c1. The van der Waals surface area contributed by atoms with Gasteiger partial charge in [0.1, 0.15) is 5.78 Å². The average Bonchev–Trinajstić information content (AvgIpc) is 2.14. The van der Waals surface area contributed by atoms with E-state index in [-0.39, 0.29) is 23.7 Å². The number of ketones is 1. The molecule has 0 aliphatic heterocycles. The third-order valence-electron chi connectivity index (χ3n) is 2.04. The first-order valence-electron chi connectivity index (χ1n) is 4.83. The van der Waals surface area contributed by atoms with Crippen LogP contribution >= 0.6 is 11.6 Å². The molecule has 1 aromatic rings. The molecule has 1 aromatic carbocycles. The number of halogens is 1. The topological polar surface area (TPSA) is 51.2 Å². The van der Waals surface area contributed by atoms with Gasteiger partial charge in [-0.1, -0.05) is 23.7 Å². The molecule has 1 rings (SSSR count). The maximum Gasteiger partial charge on any atom is 0.154 e. The molecule has 0 fully saturated rings. The van der Waals surface area contributed by atoms with Crippen LogP contribution in [0, 0.1) is 0 Å². The lowest BCUT2D eigenvalue weighted by atomic mass is 10.2.